The van der Waals surface area contributed by atoms with Gasteiger partial charge in [-0.1, -0.05) is 37.3 Å². The number of thioether (sulfide) groups is 1. The molecule has 0 spiro atoms. The monoisotopic (exact) mass is 460 g/mol. The Kier molecular flexibility index (Phi) is 6.69. The summed E-state index contributed by atoms with van der Waals surface area (Å²) in [5.74, 6) is -0.157. The van der Waals surface area contributed by atoms with E-state index in [0.29, 0.717) is 5.13 Å². The quantitative estimate of drug-likeness (QED) is 0.485. The molecule has 1 amide bonds. The number of carbonyl (C=O) groups excluding carboxylic acids is 1. The molecule has 0 saturated carbocycles. The molecule has 30 heavy (non-hydrogen) atoms. The van der Waals surface area contributed by atoms with E-state index in [2.05, 4.69) is 17.2 Å². The first-order chi connectivity index (χ1) is 14.1. The van der Waals surface area contributed by atoms with Crippen LogP contribution in [0.15, 0.2) is 64.4 Å². The summed E-state index contributed by atoms with van der Waals surface area (Å²) in [6.45, 7) is 5.75. The lowest BCUT2D eigenvalue weighted by atomic mass is 10.1. The van der Waals surface area contributed by atoms with Crippen LogP contribution in [0.25, 0.3) is 11.3 Å². The van der Waals surface area contributed by atoms with E-state index in [-0.39, 0.29) is 10.8 Å². The van der Waals surface area contributed by atoms with E-state index in [1.54, 1.807) is 24.3 Å². The molecule has 0 saturated heterocycles. The Morgan fingerprint density at radius 3 is 2.30 bits per heavy atom. The average molecular weight is 461 g/mol. The number of hydrogen-bond donors (Lipinski definition) is 1. The lowest BCUT2D eigenvalue weighted by Crippen LogP contribution is -2.33. The van der Waals surface area contributed by atoms with E-state index < -0.39 is 14.6 Å². The number of aryl methyl sites for hydroxylation is 1. The second-order valence-electron chi connectivity index (χ2n) is 7.32. The lowest BCUT2D eigenvalue weighted by Gasteiger charge is -2.22. The molecule has 0 atom stereocenters. The number of thiazole rings is 1. The molecule has 158 valence electrons. The number of benzene rings is 2. The second-order valence-corrected chi connectivity index (χ2v) is 12.1. The first kappa shape index (κ1) is 22.5. The molecular weight excluding hydrogens is 436 g/mol. The molecule has 3 aromatic rings. The van der Waals surface area contributed by atoms with Crippen molar-refractivity contribution < 1.29 is 13.2 Å². The Balaban J connectivity index is 1.75. The Morgan fingerprint density at radius 2 is 1.73 bits per heavy atom. The standard InChI is InChI=1S/C22H24N2O3S3/c1-5-18-19(15-9-7-6-8-10-15)23-21(28-18)24-20(25)22(2,3)29-16-11-13-17(14-12-16)30(4,26)27/h6-14H,5H2,1-4H3,(H,23,24,25). The van der Waals surface area contributed by atoms with Crippen LogP contribution in [0.1, 0.15) is 25.6 Å². The van der Waals surface area contributed by atoms with Crippen LogP contribution in [0.3, 0.4) is 0 Å². The van der Waals surface area contributed by atoms with Crippen LogP contribution >= 0.6 is 23.1 Å². The number of rotatable bonds is 7. The Hall–Kier alpha value is -2.16. The predicted octanol–water partition coefficient (Wildman–Crippen LogP) is 5.29. The van der Waals surface area contributed by atoms with Crippen molar-refractivity contribution in [3.05, 3.63) is 59.5 Å². The molecule has 0 fully saturated rings. The van der Waals surface area contributed by atoms with E-state index in [1.165, 1.54) is 29.4 Å². The summed E-state index contributed by atoms with van der Waals surface area (Å²) in [5, 5.41) is 3.54. The molecule has 0 aliphatic heterocycles. The van der Waals surface area contributed by atoms with Gasteiger partial charge in [0.2, 0.25) is 5.91 Å². The maximum atomic E-state index is 12.9. The van der Waals surface area contributed by atoms with Gasteiger partial charge in [-0.2, -0.15) is 0 Å². The minimum absolute atomic E-state index is 0.157. The van der Waals surface area contributed by atoms with Gasteiger partial charge < -0.3 is 5.32 Å². The van der Waals surface area contributed by atoms with E-state index in [1.807, 2.05) is 44.2 Å². The molecule has 1 aromatic heterocycles. The highest BCUT2D eigenvalue weighted by atomic mass is 32.2. The molecule has 1 heterocycles. The molecule has 0 unspecified atom stereocenters. The summed E-state index contributed by atoms with van der Waals surface area (Å²) in [5.41, 5.74) is 1.94. The van der Waals surface area contributed by atoms with E-state index in [0.717, 1.165) is 27.5 Å². The Morgan fingerprint density at radius 1 is 1.10 bits per heavy atom. The number of anilines is 1. The second kappa shape index (κ2) is 8.91. The molecule has 3 rings (SSSR count). The summed E-state index contributed by atoms with van der Waals surface area (Å²) in [6, 6.07) is 16.5. The summed E-state index contributed by atoms with van der Waals surface area (Å²) >= 11 is 2.87. The van der Waals surface area contributed by atoms with Crippen molar-refractivity contribution in [2.45, 2.75) is 41.7 Å². The number of amides is 1. The summed E-state index contributed by atoms with van der Waals surface area (Å²) in [4.78, 5) is 19.8. The first-order valence-corrected chi connectivity index (χ1v) is 13.0. The molecule has 5 nitrogen and oxygen atoms in total. The van der Waals surface area contributed by atoms with Crippen molar-refractivity contribution in [2.75, 3.05) is 11.6 Å². The maximum absolute atomic E-state index is 12.9. The third kappa shape index (κ3) is 5.30. The fraction of sp³-hybridized carbons (Fsp3) is 0.273. The van der Waals surface area contributed by atoms with Crippen LogP contribution < -0.4 is 5.32 Å². The SMILES string of the molecule is CCc1sc(NC(=O)C(C)(C)Sc2ccc(S(C)(=O)=O)cc2)nc1-c1ccccc1. The number of nitrogens with zero attached hydrogens (tertiary/aromatic N) is 1. The zero-order chi connectivity index (χ0) is 21.9. The van der Waals surface area contributed by atoms with Crippen molar-refractivity contribution in [1.29, 1.82) is 0 Å². The number of hydrogen-bond acceptors (Lipinski definition) is 6. The lowest BCUT2D eigenvalue weighted by molar-refractivity contribution is -0.117. The highest BCUT2D eigenvalue weighted by Crippen LogP contribution is 2.36. The van der Waals surface area contributed by atoms with E-state index in [9.17, 15) is 13.2 Å². The highest BCUT2D eigenvalue weighted by molar-refractivity contribution is 8.01. The highest BCUT2D eigenvalue weighted by Gasteiger charge is 2.30. The van der Waals surface area contributed by atoms with Crippen LogP contribution in [0.2, 0.25) is 0 Å². The summed E-state index contributed by atoms with van der Waals surface area (Å²) in [6.07, 6.45) is 2.01. The van der Waals surface area contributed by atoms with Crippen LogP contribution in [0, 0.1) is 0 Å². The molecule has 2 aromatic carbocycles. The molecular formula is C22H24N2O3S3. The summed E-state index contributed by atoms with van der Waals surface area (Å²) < 4.78 is 22.5. The minimum Gasteiger partial charge on any atom is -0.301 e. The van der Waals surface area contributed by atoms with Crippen LogP contribution in [-0.2, 0) is 21.1 Å². The van der Waals surface area contributed by atoms with E-state index in [4.69, 9.17) is 0 Å². The van der Waals surface area contributed by atoms with Gasteiger partial charge in [-0.05, 0) is 44.5 Å². The van der Waals surface area contributed by atoms with Crippen molar-refractivity contribution in [3.63, 3.8) is 0 Å². The van der Waals surface area contributed by atoms with Gasteiger partial charge in [-0.15, -0.1) is 23.1 Å². The minimum atomic E-state index is -3.24. The molecule has 8 heteroatoms. The molecule has 1 N–H and O–H groups in total. The number of sulfone groups is 1. The van der Waals surface area contributed by atoms with Gasteiger partial charge in [0.05, 0.1) is 15.3 Å². The topological polar surface area (TPSA) is 76.1 Å². The van der Waals surface area contributed by atoms with Crippen molar-refractivity contribution in [2.24, 2.45) is 0 Å². The van der Waals surface area contributed by atoms with Gasteiger partial charge in [0.25, 0.3) is 0 Å². The third-order valence-corrected chi connectivity index (χ3v) is 7.91. The largest absolute Gasteiger partial charge is 0.301 e. The van der Waals surface area contributed by atoms with Crippen molar-refractivity contribution in [1.82, 2.24) is 4.98 Å². The third-order valence-electron chi connectivity index (χ3n) is 4.46. The van der Waals surface area contributed by atoms with E-state index >= 15 is 0 Å². The molecule has 0 aliphatic carbocycles. The number of nitrogens with one attached hydrogen (secondary N) is 1. The normalized spacial score (nSPS) is 12.0. The van der Waals surface area contributed by atoms with Crippen LogP contribution in [-0.4, -0.2) is 30.3 Å². The number of carbonyl (C=O) groups is 1. The smallest absolute Gasteiger partial charge is 0.242 e. The van der Waals surface area contributed by atoms with Gasteiger partial charge in [0.1, 0.15) is 0 Å². The number of aromatic nitrogens is 1. The van der Waals surface area contributed by atoms with Gasteiger partial charge in [0.15, 0.2) is 15.0 Å². The molecule has 0 aliphatic rings. The summed E-state index contributed by atoms with van der Waals surface area (Å²) in [7, 11) is -3.24. The van der Waals surface area contributed by atoms with Gasteiger partial charge >= 0.3 is 0 Å². The Bertz CT molecular complexity index is 1140. The Labute approximate surface area is 185 Å². The molecule has 0 radical (unpaired) electrons. The van der Waals surface area contributed by atoms with Crippen LogP contribution in [0.4, 0.5) is 5.13 Å². The predicted molar refractivity (Wildman–Crippen MR) is 125 cm³/mol. The van der Waals surface area contributed by atoms with Crippen molar-refractivity contribution in [3.8, 4) is 11.3 Å². The van der Waals surface area contributed by atoms with Crippen LogP contribution in [0.5, 0.6) is 0 Å². The van der Waals surface area contributed by atoms with Gasteiger partial charge in [0, 0.05) is 21.6 Å². The average Bonchev–Trinajstić information content (AvgIpc) is 3.11. The molecule has 0 bridgehead atoms. The fourth-order valence-corrected chi connectivity index (χ4v) is 5.36. The zero-order valence-corrected chi connectivity index (χ0v) is 19.7. The zero-order valence-electron chi connectivity index (χ0n) is 17.3. The van der Waals surface area contributed by atoms with Gasteiger partial charge in [-0.25, -0.2) is 13.4 Å². The van der Waals surface area contributed by atoms with Crippen molar-refractivity contribution >= 4 is 44.0 Å². The fourth-order valence-electron chi connectivity index (χ4n) is 2.81. The van der Waals surface area contributed by atoms with Gasteiger partial charge in [-0.3, -0.25) is 4.79 Å². The maximum Gasteiger partial charge on any atom is 0.242 e. The first-order valence-electron chi connectivity index (χ1n) is 9.46.